The summed E-state index contributed by atoms with van der Waals surface area (Å²) in [6.45, 7) is 15.8. The lowest BCUT2D eigenvalue weighted by Gasteiger charge is -2.50. The van der Waals surface area contributed by atoms with Crippen molar-refractivity contribution >= 4 is 14.3 Å². The molecule has 0 spiro atoms. The van der Waals surface area contributed by atoms with Gasteiger partial charge in [0, 0.05) is 12.2 Å². The minimum absolute atomic E-state index is 0.0894. The third-order valence-electron chi connectivity index (χ3n) is 7.95. The highest BCUT2D eigenvalue weighted by atomic mass is 28.4. The summed E-state index contributed by atoms with van der Waals surface area (Å²) in [7, 11) is -1.83. The van der Waals surface area contributed by atoms with Crippen LogP contribution in [0.15, 0.2) is 12.2 Å². The third-order valence-corrected chi connectivity index (χ3v) is 12.5. The second-order valence-electron chi connectivity index (χ2n) is 10.6. The number of allylic oxidation sites excluding steroid dienone is 1. The smallest absolute Gasteiger partial charge is 0.328 e. The van der Waals surface area contributed by atoms with Gasteiger partial charge in [0.05, 0.1) is 0 Å². The highest BCUT2D eigenvalue weighted by Crippen LogP contribution is 2.59. The standard InChI is InChI=1S/C22H39FO3Si/c1-15(18(23)12-13-20(24)25)16-10-11-17-19(9-8-14-22(16,17)5)26-27(6,7)21(2,3)4/h12-13,15-19H,8-11,14H2,1-7H3,(H,24,25)/b13-12+/t15-,16+,17-,18+,19-,22+/m0/s1. The zero-order valence-corrected chi connectivity index (χ0v) is 19.2. The molecule has 156 valence electrons. The van der Waals surface area contributed by atoms with Gasteiger partial charge in [0.15, 0.2) is 8.32 Å². The van der Waals surface area contributed by atoms with Crippen molar-refractivity contribution in [1.29, 1.82) is 0 Å². The van der Waals surface area contributed by atoms with E-state index in [1.165, 1.54) is 6.08 Å². The fourth-order valence-corrected chi connectivity index (χ4v) is 6.68. The Morgan fingerprint density at radius 3 is 2.48 bits per heavy atom. The quantitative estimate of drug-likeness (QED) is 0.427. The number of hydrogen-bond donors (Lipinski definition) is 1. The molecule has 0 unspecified atom stereocenters. The maximum absolute atomic E-state index is 14.7. The number of aliphatic carboxylic acids is 1. The fraction of sp³-hybridized carbons (Fsp3) is 0.864. The predicted octanol–water partition coefficient (Wildman–Crippen LogP) is 6.21. The van der Waals surface area contributed by atoms with Crippen LogP contribution in [-0.4, -0.2) is 31.7 Å². The Bertz CT molecular complexity index is 568. The summed E-state index contributed by atoms with van der Waals surface area (Å²) in [5.74, 6) is -0.478. The summed E-state index contributed by atoms with van der Waals surface area (Å²) in [5, 5.41) is 8.98. The van der Waals surface area contributed by atoms with Crippen molar-refractivity contribution in [2.75, 3.05) is 0 Å². The average Bonchev–Trinajstić information content (AvgIpc) is 2.88. The van der Waals surface area contributed by atoms with Gasteiger partial charge in [-0.2, -0.15) is 0 Å². The van der Waals surface area contributed by atoms with Gasteiger partial charge in [0.25, 0.3) is 0 Å². The van der Waals surface area contributed by atoms with Crippen molar-refractivity contribution < 1.29 is 18.7 Å². The van der Waals surface area contributed by atoms with Crippen LogP contribution in [0.4, 0.5) is 4.39 Å². The van der Waals surface area contributed by atoms with E-state index < -0.39 is 20.5 Å². The van der Waals surface area contributed by atoms with E-state index in [9.17, 15) is 9.18 Å². The summed E-state index contributed by atoms with van der Waals surface area (Å²) >= 11 is 0. The SMILES string of the molecule is C[C@H]([C@H](F)/C=C/C(=O)O)[C@H]1CC[C@H]2[C@@H](O[Si](C)(C)C(C)(C)C)CCC[C@]12C. The van der Waals surface area contributed by atoms with Gasteiger partial charge in [-0.15, -0.1) is 0 Å². The fourth-order valence-electron chi connectivity index (χ4n) is 5.29. The Balaban J connectivity index is 2.16. The van der Waals surface area contributed by atoms with Crippen LogP contribution in [0.2, 0.25) is 18.1 Å². The molecule has 6 atom stereocenters. The highest BCUT2D eigenvalue weighted by Gasteiger charge is 2.55. The second-order valence-corrected chi connectivity index (χ2v) is 15.4. The van der Waals surface area contributed by atoms with Gasteiger partial charge in [-0.1, -0.05) is 41.0 Å². The molecular weight excluding hydrogens is 359 g/mol. The second kappa shape index (κ2) is 7.98. The van der Waals surface area contributed by atoms with Gasteiger partial charge >= 0.3 is 5.97 Å². The zero-order valence-electron chi connectivity index (χ0n) is 18.2. The van der Waals surface area contributed by atoms with E-state index in [-0.39, 0.29) is 28.4 Å². The van der Waals surface area contributed by atoms with Crippen molar-refractivity contribution in [2.24, 2.45) is 23.2 Å². The molecule has 2 aliphatic carbocycles. The molecule has 2 fully saturated rings. The number of rotatable bonds is 6. The van der Waals surface area contributed by atoms with Crippen LogP contribution in [0.3, 0.4) is 0 Å². The first-order valence-corrected chi connectivity index (χ1v) is 13.4. The molecule has 2 rings (SSSR count). The molecule has 0 aromatic carbocycles. The van der Waals surface area contributed by atoms with Gasteiger partial charge in [0.1, 0.15) is 6.17 Å². The van der Waals surface area contributed by atoms with Gasteiger partial charge in [0.2, 0.25) is 0 Å². The molecular formula is C22H39FO3Si. The zero-order chi connectivity index (χ0) is 20.6. The maximum atomic E-state index is 14.7. The molecule has 0 aromatic rings. The molecule has 1 N–H and O–H groups in total. The number of carboxylic acids is 1. The number of carbonyl (C=O) groups is 1. The number of halogens is 1. The van der Waals surface area contributed by atoms with Crippen molar-refractivity contribution in [3.05, 3.63) is 12.2 Å². The Morgan fingerprint density at radius 2 is 1.93 bits per heavy atom. The van der Waals surface area contributed by atoms with E-state index >= 15 is 0 Å². The summed E-state index contributed by atoms with van der Waals surface area (Å²) in [6, 6.07) is 0. The lowest BCUT2D eigenvalue weighted by atomic mass is 9.61. The molecule has 2 saturated carbocycles. The minimum atomic E-state index is -1.83. The first kappa shape index (κ1) is 22.6. The third kappa shape index (κ3) is 4.67. The summed E-state index contributed by atoms with van der Waals surface area (Å²) < 4.78 is 21.5. The van der Waals surface area contributed by atoms with E-state index in [0.717, 1.165) is 38.2 Å². The lowest BCUT2D eigenvalue weighted by Crippen LogP contribution is -2.50. The monoisotopic (exact) mass is 398 g/mol. The largest absolute Gasteiger partial charge is 0.478 e. The molecule has 0 aliphatic heterocycles. The van der Waals surface area contributed by atoms with Gasteiger partial charge in [-0.25, -0.2) is 9.18 Å². The molecule has 0 aromatic heterocycles. The molecule has 2 aliphatic rings. The van der Waals surface area contributed by atoms with Crippen LogP contribution in [0, 0.1) is 23.2 Å². The summed E-state index contributed by atoms with van der Waals surface area (Å²) in [4.78, 5) is 10.7. The molecule has 3 nitrogen and oxygen atoms in total. The molecule has 0 amide bonds. The van der Waals surface area contributed by atoms with Crippen molar-refractivity contribution in [2.45, 2.75) is 97.1 Å². The molecule has 0 heterocycles. The van der Waals surface area contributed by atoms with Gasteiger partial charge < -0.3 is 9.53 Å². The average molecular weight is 399 g/mol. The lowest BCUT2D eigenvalue weighted by molar-refractivity contribution is -0.131. The molecule has 0 saturated heterocycles. The predicted molar refractivity (Wildman–Crippen MR) is 111 cm³/mol. The van der Waals surface area contributed by atoms with Gasteiger partial charge in [-0.05, 0) is 73.1 Å². The maximum Gasteiger partial charge on any atom is 0.328 e. The van der Waals surface area contributed by atoms with Crippen LogP contribution in [0.25, 0.3) is 0 Å². The van der Waals surface area contributed by atoms with Crippen molar-refractivity contribution in [3.8, 4) is 0 Å². The highest BCUT2D eigenvalue weighted by molar-refractivity contribution is 6.74. The molecule has 0 radical (unpaired) electrons. The van der Waals surface area contributed by atoms with Crippen LogP contribution < -0.4 is 0 Å². The summed E-state index contributed by atoms with van der Waals surface area (Å²) in [5.41, 5.74) is 0.0894. The van der Waals surface area contributed by atoms with Gasteiger partial charge in [-0.3, -0.25) is 0 Å². The van der Waals surface area contributed by atoms with Crippen LogP contribution in [0.5, 0.6) is 0 Å². The van der Waals surface area contributed by atoms with Crippen LogP contribution in [-0.2, 0) is 9.22 Å². The van der Waals surface area contributed by atoms with Crippen molar-refractivity contribution in [3.63, 3.8) is 0 Å². The Kier molecular flexibility index (Phi) is 6.68. The van der Waals surface area contributed by atoms with E-state index in [0.29, 0.717) is 5.92 Å². The number of fused-ring (bicyclic) bond motifs is 1. The number of carboxylic acid groups (broad SMARTS) is 1. The Labute approximate surface area is 165 Å². The first-order valence-electron chi connectivity index (χ1n) is 10.5. The van der Waals surface area contributed by atoms with E-state index in [4.69, 9.17) is 9.53 Å². The Morgan fingerprint density at radius 1 is 1.30 bits per heavy atom. The summed E-state index contributed by atoms with van der Waals surface area (Å²) in [6.07, 6.45) is 6.73. The molecule has 0 bridgehead atoms. The normalized spacial score (nSPS) is 34.4. The first-order chi connectivity index (χ1) is 12.3. The van der Waals surface area contributed by atoms with Crippen molar-refractivity contribution in [1.82, 2.24) is 0 Å². The molecule has 27 heavy (non-hydrogen) atoms. The van der Waals surface area contributed by atoms with Crippen LogP contribution in [0.1, 0.15) is 66.7 Å². The number of alkyl halides is 1. The Hall–Kier alpha value is -0.683. The van der Waals surface area contributed by atoms with E-state index in [1.54, 1.807) is 0 Å². The van der Waals surface area contributed by atoms with Crippen LogP contribution >= 0.6 is 0 Å². The molecule has 5 heteroatoms. The number of hydrogen-bond acceptors (Lipinski definition) is 2. The van der Waals surface area contributed by atoms with E-state index in [1.807, 2.05) is 6.92 Å². The minimum Gasteiger partial charge on any atom is -0.478 e. The van der Waals surface area contributed by atoms with E-state index in [2.05, 4.69) is 40.8 Å². The topological polar surface area (TPSA) is 46.5 Å².